The number of aromatic amines is 1. The van der Waals surface area contributed by atoms with Crippen LogP contribution < -0.4 is 10.7 Å². The first-order valence-corrected chi connectivity index (χ1v) is 8.01. The fraction of sp³-hybridized carbons (Fsp3) is 0.111. The minimum absolute atomic E-state index is 0.0609. The number of fused-ring (bicyclic) bond motifs is 2. The van der Waals surface area contributed by atoms with Gasteiger partial charge in [-0.05, 0) is 30.3 Å². The van der Waals surface area contributed by atoms with Crippen molar-refractivity contribution in [3.05, 3.63) is 76.2 Å². The second kappa shape index (κ2) is 6.40. The molecule has 0 aliphatic heterocycles. The molecule has 0 radical (unpaired) electrons. The number of halogens is 1. The number of amides is 1. The summed E-state index contributed by atoms with van der Waals surface area (Å²) in [5, 5.41) is 11.0. The van der Waals surface area contributed by atoms with Gasteiger partial charge in [-0.1, -0.05) is 6.07 Å². The second-order valence-corrected chi connectivity index (χ2v) is 5.77. The lowest BCUT2D eigenvalue weighted by Gasteiger charge is -2.06. The van der Waals surface area contributed by atoms with E-state index in [0.717, 1.165) is 11.7 Å². The third kappa shape index (κ3) is 2.81. The maximum absolute atomic E-state index is 13.4. The molecule has 0 atom stereocenters. The Morgan fingerprint density at radius 1 is 1.23 bits per heavy atom. The molecule has 0 aliphatic rings. The van der Waals surface area contributed by atoms with Crippen molar-refractivity contribution in [3.8, 4) is 0 Å². The Labute approximate surface area is 146 Å². The largest absolute Gasteiger partial charge is 0.360 e. The molecule has 130 valence electrons. The summed E-state index contributed by atoms with van der Waals surface area (Å²) >= 11 is 0. The third-order valence-corrected chi connectivity index (χ3v) is 4.11. The zero-order valence-electron chi connectivity index (χ0n) is 13.6. The Morgan fingerprint density at radius 3 is 3.00 bits per heavy atom. The van der Waals surface area contributed by atoms with Gasteiger partial charge in [0.15, 0.2) is 5.65 Å². The summed E-state index contributed by atoms with van der Waals surface area (Å²) in [5.41, 5.74) is 0.627. The monoisotopic (exact) mass is 351 g/mol. The van der Waals surface area contributed by atoms with E-state index in [1.807, 2.05) is 28.8 Å². The molecular weight excluding hydrogens is 337 g/mol. The highest BCUT2D eigenvalue weighted by atomic mass is 19.1. The van der Waals surface area contributed by atoms with E-state index in [1.165, 1.54) is 18.3 Å². The van der Waals surface area contributed by atoms with Crippen molar-refractivity contribution in [1.29, 1.82) is 0 Å². The normalized spacial score (nSPS) is 11.1. The van der Waals surface area contributed by atoms with Gasteiger partial charge in [0.1, 0.15) is 17.2 Å². The van der Waals surface area contributed by atoms with E-state index >= 15 is 0 Å². The van der Waals surface area contributed by atoms with Crippen LogP contribution in [0.25, 0.3) is 16.6 Å². The molecule has 0 bridgehead atoms. The predicted octanol–water partition coefficient (Wildman–Crippen LogP) is 1.68. The molecule has 0 unspecified atom stereocenters. The molecule has 8 heteroatoms. The van der Waals surface area contributed by atoms with Crippen LogP contribution in [0.5, 0.6) is 0 Å². The smallest absolute Gasteiger partial charge is 0.256 e. The number of pyridine rings is 2. The Bertz CT molecular complexity index is 1180. The molecule has 0 aliphatic carbocycles. The van der Waals surface area contributed by atoms with Gasteiger partial charge in [-0.15, -0.1) is 10.2 Å². The first kappa shape index (κ1) is 15.9. The van der Waals surface area contributed by atoms with Crippen molar-refractivity contribution in [2.24, 2.45) is 0 Å². The molecule has 4 aromatic rings. The number of H-pyrrole nitrogens is 1. The molecule has 0 spiro atoms. The third-order valence-electron chi connectivity index (χ3n) is 4.11. The lowest BCUT2D eigenvalue weighted by atomic mass is 10.1. The summed E-state index contributed by atoms with van der Waals surface area (Å²) in [4.78, 5) is 27.6. The van der Waals surface area contributed by atoms with Crippen LogP contribution in [0.15, 0.2) is 53.6 Å². The van der Waals surface area contributed by atoms with Gasteiger partial charge in [0.25, 0.3) is 5.91 Å². The lowest BCUT2D eigenvalue weighted by molar-refractivity contribution is 0.0952. The lowest BCUT2D eigenvalue weighted by Crippen LogP contribution is -2.30. The molecule has 0 saturated heterocycles. The number of carbonyl (C=O) groups is 1. The first-order valence-electron chi connectivity index (χ1n) is 8.01. The van der Waals surface area contributed by atoms with Crippen LogP contribution >= 0.6 is 0 Å². The molecule has 4 rings (SSSR count). The molecular formula is C18H14FN5O2. The SMILES string of the molecule is O=C(NCCc1nnc2ccccn12)c1c[nH]c2ccc(F)cc2c1=O. The van der Waals surface area contributed by atoms with E-state index in [2.05, 4.69) is 20.5 Å². The average molecular weight is 351 g/mol. The minimum Gasteiger partial charge on any atom is -0.360 e. The van der Waals surface area contributed by atoms with Gasteiger partial charge in [0, 0.05) is 36.3 Å². The van der Waals surface area contributed by atoms with Gasteiger partial charge in [-0.25, -0.2) is 4.39 Å². The van der Waals surface area contributed by atoms with Crippen LogP contribution in [0.1, 0.15) is 16.2 Å². The average Bonchev–Trinajstić information content (AvgIpc) is 3.06. The predicted molar refractivity (Wildman–Crippen MR) is 93.6 cm³/mol. The van der Waals surface area contributed by atoms with Gasteiger partial charge in [0.05, 0.1) is 0 Å². The van der Waals surface area contributed by atoms with Crippen molar-refractivity contribution in [3.63, 3.8) is 0 Å². The number of carbonyl (C=O) groups excluding carboxylic acids is 1. The number of nitrogens with zero attached hydrogens (tertiary/aromatic N) is 3. The maximum atomic E-state index is 13.4. The van der Waals surface area contributed by atoms with Crippen LogP contribution in [0, 0.1) is 5.82 Å². The summed E-state index contributed by atoms with van der Waals surface area (Å²) in [6.45, 7) is 0.287. The Kier molecular flexibility index (Phi) is 3.92. The highest BCUT2D eigenvalue weighted by molar-refractivity contribution is 5.97. The standard InChI is InChI=1S/C18H14FN5O2/c19-11-4-5-14-12(9-11)17(25)13(10-21-14)18(26)20-7-6-16-23-22-15-3-1-2-8-24(15)16/h1-5,8-10H,6-7H2,(H,20,26)(H,21,25). The van der Waals surface area contributed by atoms with Crippen LogP contribution in [-0.2, 0) is 6.42 Å². The van der Waals surface area contributed by atoms with Crippen LogP contribution in [-0.4, -0.2) is 32.0 Å². The van der Waals surface area contributed by atoms with E-state index < -0.39 is 17.2 Å². The fourth-order valence-electron chi connectivity index (χ4n) is 2.80. The van der Waals surface area contributed by atoms with E-state index in [-0.39, 0.29) is 17.5 Å². The van der Waals surface area contributed by atoms with E-state index in [9.17, 15) is 14.0 Å². The fourth-order valence-corrected chi connectivity index (χ4v) is 2.80. The zero-order chi connectivity index (χ0) is 18.1. The molecule has 1 aromatic carbocycles. The number of aromatic nitrogens is 4. The molecule has 0 fully saturated rings. The van der Waals surface area contributed by atoms with Crippen LogP contribution in [0.4, 0.5) is 4.39 Å². The molecule has 3 heterocycles. The molecule has 0 saturated carbocycles. The van der Waals surface area contributed by atoms with Crippen molar-refractivity contribution >= 4 is 22.5 Å². The highest BCUT2D eigenvalue weighted by Gasteiger charge is 2.13. The van der Waals surface area contributed by atoms with Gasteiger partial charge in [0.2, 0.25) is 5.43 Å². The molecule has 7 nitrogen and oxygen atoms in total. The van der Waals surface area contributed by atoms with Crippen molar-refractivity contribution < 1.29 is 9.18 Å². The number of hydrogen-bond acceptors (Lipinski definition) is 4. The topological polar surface area (TPSA) is 92.2 Å². The van der Waals surface area contributed by atoms with E-state index in [4.69, 9.17) is 0 Å². The van der Waals surface area contributed by atoms with Crippen molar-refractivity contribution in [1.82, 2.24) is 24.9 Å². The minimum atomic E-state index is -0.528. The van der Waals surface area contributed by atoms with Gasteiger partial charge in [-0.3, -0.25) is 14.0 Å². The molecule has 2 N–H and O–H groups in total. The van der Waals surface area contributed by atoms with Crippen molar-refractivity contribution in [2.75, 3.05) is 6.54 Å². The van der Waals surface area contributed by atoms with Gasteiger partial charge in [-0.2, -0.15) is 0 Å². The zero-order valence-corrected chi connectivity index (χ0v) is 13.6. The number of rotatable bonds is 4. The van der Waals surface area contributed by atoms with Crippen molar-refractivity contribution in [2.45, 2.75) is 6.42 Å². The number of hydrogen-bond donors (Lipinski definition) is 2. The first-order chi connectivity index (χ1) is 12.6. The van der Waals surface area contributed by atoms with Crippen LogP contribution in [0.2, 0.25) is 0 Å². The molecule has 1 amide bonds. The molecule has 3 aromatic heterocycles. The summed E-state index contributed by atoms with van der Waals surface area (Å²) in [6, 6.07) is 9.40. The maximum Gasteiger partial charge on any atom is 0.256 e. The highest BCUT2D eigenvalue weighted by Crippen LogP contribution is 2.10. The van der Waals surface area contributed by atoms with E-state index in [0.29, 0.717) is 17.8 Å². The Hall–Kier alpha value is -3.55. The number of nitrogens with one attached hydrogen (secondary N) is 2. The summed E-state index contributed by atoms with van der Waals surface area (Å²) in [7, 11) is 0. The van der Waals surface area contributed by atoms with E-state index in [1.54, 1.807) is 0 Å². The molecule has 26 heavy (non-hydrogen) atoms. The Morgan fingerprint density at radius 2 is 2.12 bits per heavy atom. The quantitative estimate of drug-likeness (QED) is 0.585. The van der Waals surface area contributed by atoms with Crippen LogP contribution in [0.3, 0.4) is 0 Å². The Balaban J connectivity index is 1.51. The summed E-state index contributed by atoms with van der Waals surface area (Å²) < 4.78 is 15.2. The van der Waals surface area contributed by atoms with Gasteiger partial charge < -0.3 is 10.3 Å². The summed E-state index contributed by atoms with van der Waals surface area (Å²) in [6.07, 6.45) is 3.64. The van der Waals surface area contributed by atoms with Gasteiger partial charge >= 0.3 is 0 Å². The second-order valence-electron chi connectivity index (χ2n) is 5.77. The summed E-state index contributed by atoms with van der Waals surface area (Å²) in [5.74, 6) is -0.346. The number of benzene rings is 1.